The number of nitriles is 1. The smallest absolute Gasteiger partial charge is 0.141 e. The summed E-state index contributed by atoms with van der Waals surface area (Å²) in [6, 6.07) is 13.6. The summed E-state index contributed by atoms with van der Waals surface area (Å²) in [4.78, 5) is 0. The van der Waals surface area contributed by atoms with Gasteiger partial charge in [0.1, 0.15) is 11.9 Å². The number of rotatable bonds is 3. The number of anilines is 1. The first-order valence-electron chi connectivity index (χ1n) is 5.37. The summed E-state index contributed by atoms with van der Waals surface area (Å²) in [6.07, 6.45) is 0. The fraction of sp³-hybridized carbons (Fsp3) is 0.0714. The van der Waals surface area contributed by atoms with E-state index in [1.54, 1.807) is 6.07 Å². The summed E-state index contributed by atoms with van der Waals surface area (Å²) in [5.74, 6) is -0.505. The number of hydrogen-bond acceptors (Lipinski definition) is 2. The zero-order valence-electron chi connectivity index (χ0n) is 9.45. The number of nitrogens with one attached hydrogen (secondary N) is 1. The van der Waals surface area contributed by atoms with Gasteiger partial charge in [0.05, 0.1) is 5.56 Å². The Hall–Kier alpha value is -2.05. The molecule has 0 atom stereocenters. The lowest BCUT2D eigenvalue weighted by molar-refractivity contribution is 0.624. The van der Waals surface area contributed by atoms with Gasteiger partial charge >= 0.3 is 0 Å². The first-order chi connectivity index (χ1) is 8.69. The predicted molar refractivity (Wildman–Crippen MR) is 69.9 cm³/mol. The molecule has 0 spiro atoms. The molecular weight excluding hydrogens is 251 g/mol. The molecule has 2 rings (SSSR count). The molecule has 0 unspecified atom stereocenters. The molecule has 0 aliphatic heterocycles. The van der Waals surface area contributed by atoms with E-state index in [-0.39, 0.29) is 5.56 Å². The van der Waals surface area contributed by atoms with Crippen LogP contribution in [0, 0.1) is 17.1 Å². The summed E-state index contributed by atoms with van der Waals surface area (Å²) in [6.45, 7) is 0.591. The van der Waals surface area contributed by atoms with Gasteiger partial charge in [0, 0.05) is 17.3 Å². The average Bonchev–Trinajstić information content (AvgIpc) is 2.39. The van der Waals surface area contributed by atoms with Gasteiger partial charge in [-0.2, -0.15) is 5.26 Å². The van der Waals surface area contributed by atoms with E-state index in [0.717, 1.165) is 5.56 Å². The highest BCUT2D eigenvalue weighted by molar-refractivity contribution is 6.30. The van der Waals surface area contributed by atoms with E-state index < -0.39 is 5.82 Å². The van der Waals surface area contributed by atoms with Crippen LogP contribution in [-0.4, -0.2) is 0 Å². The second kappa shape index (κ2) is 5.52. The quantitative estimate of drug-likeness (QED) is 0.907. The summed E-state index contributed by atoms with van der Waals surface area (Å²) in [5, 5.41) is 12.5. The molecule has 0 fully saturated rings. The average molecular weight is 261 g/mol. The van der Waals surface area contributed by atoms with Gasteiger partial charge in [-0.25, -0.2) is 4.39 Å². The fourth-order valence-corrected chi connectivity index (χ4v) is 1.65. The van der Waals surface area contributed by atoms with Crippen molar-refractivity contribution in [2.75, 3.05) is 5.32 Å². The Morgan fingerprint density at radius 3 is 2.56 bits per heavy atom. The van der Waals surface area contributed by atoms with Crippen LogP contribution in [0.1, 0.15) is 11.1 Å². The van der Waals surface area contributed by atoms with Crippen LogP contribution in [0.15, 0.2) is 42.5 Å². The van der Waals surface area contributed by atoms with Crippen LogP contribution in [-0.2, 0) is 6.54 Å². The molecule has 0 saturated carbocycles. The van der Waals surface area contributed by atoms with E-state index in [2.05, 4.69) is 5.32 Å². The Labute approximate surface area is 110 Å². The first-order valence-corrected chi connectivity index (χ1v) is 5.75. The van der Waals surface area contributed by atoms with E-state index in [1.807, 2.05) is 30.3 Å². The maximum Gasteiger partial charge on any atom is 0.141 e. The van der Waals surface area contributed by atoms with Gasteiger partial charge in [-0.3, -0.25) is 0 Å². The van der Waals surface area contributed by atoms with Crippen LogP contribution in [0.3, 0.4) is 0 Å². The van der Waals surface area contributed by atoms with Crippen LogP contribution in [0.4, 0.5) is 10.1 Å². The van der Waals surface area contributed by atoms with Gasteiger partial charge in [-0.15, -0.1) is 0 Å². The third-order valence-electron chi connectivity index (χ3n) is 2.50. The summed E-state index contributed by atoms with van der Waals surface area (Å²) in [5.41, 5.74) is 1.81. The Morgan fingerprint density at radius 1 is 1.17 bits per heavy atom. The van der Waals surface area contributed by atoms with Crippen molar-refractivity contribution >= 4 is 17.3 Å². The summed E-state index contributed by atoms with van der Waals surface area (Å²) < 4.78 is 13.1. The third-order valence-corrected chi connectivity index (χ3v) is 2.75. The SMILES string of the molecule is N#Cc1cc(NCc2ccc(Cl)cc2)ccc1F. The van der Waals surface area contributed by atoms with E-state index in [1.165, 1.54) is 12.1 Å². The van der Waals surface area contributed by atoms with E-state index >= 15 is 0 Å². The van der Waals surface area contributed by atoms with Gasteiger partial charge in [-0.05, 0) is 35.9 Å². The van der Waals surface area contributed by atoms with Crippen LogP contribution in [0.5, 0.6) is 0 Å². The monoisotopic (exact) mass is 260 g/mol. The van der Waals surface area contributed by atoms with Crippen LogP contribution >= 0.6 is 11.6 Å². The molecule has 18 heavy (non-hydrogen) atoms. The Bertz CT molecular complexity index is 588. The number of halogens is 2. The van der Waals surface area contributed by atoms with Crippen LogP contribution < -0.4 is 5.32 Å². The minimum Gasteiger partial charge on any atom is -0.381 e. The van der Waals surface area contributed by atoms with Gasteiger partial charge in [0.25, 0.3) is 0 Å². The van der Waals surface area contributed by atoms with Crippen molar-refractivity contribution in [3.8, 4) is 6.07 Å². The molecule has 1 N–H and O–H groups in total. The normalized spacial score (nSPS) is 9.83. The minimum atomic E-state index is -0.505. The molecule has 0 saturated heterocycles. The Kier molecular flexibility index (Phi) is 3.81. The van der Waals surface area contributed by atoms with Gasteiger partial charge in [-0.1, -0.05) is 23.7 Å². The van der Waals surface area contributed by atoms with E-state index in [4.69, 9.17) is 16.9 Å². The van der Waals surface area contributed by atoms with Crippen molar-refractivity contribution in [3.63, 3.8) is 0 Å². The van der Waals surface area contributed by atoms with Gasteiger partial charge in [0.2, 0.25) is 0 Å². The van der Waals surface area contributed by atoms with Crippen molar-refractivity contribution in [2.24, 2.45) is 0 Å². The minimum absolute atomic E-state index is 0.0381. The molecule has 4 heteroatoms. The van der Waals surface area contributed by atoms with Crippen LogP contribution in [0.2, 0.25) is 5.02 Å². The maximum absolute atomic E-state index is 13.1. The fourth-order valence-electron chi connectivity index (χ4n) is 1.53. The molecule has 0 aliphatic carbocycles. The third kappa shape index (κ3) is 2.99. The number of nitrogens with zero attached hydrogens (tertiary/aromatic N) is 1. The maximum atomic E-state index is 13.1. The van der Waals surface area contributed by atoms with E-state index in [9.17, 15) is 4.39 Å². The predicted octanol–water partition coefficient (Wildman–Crippen LogP) is 3.96. The second-order valence-corrected chi connectivity index (χ2v) is 4.22. The van der Waals surface area contributed by atoms with Gasteiger partial charge < -0.3 is 5.32 Å². The zero-order chi connectivity index (χ0) is 13.0. The molecule has 0 bridgehead atoms. The molecule has 0 aliphatic rings. The molecule has 0 radical (unpaired) electrons. The molecule has 2 nitrogen and oxygen atoms in total. The molecule has 2 aromatic carbocycles. The van der Waals surface area contributed by atoms with Crippen molar-refractivity contribution < 1.29 is 4.39 Å². The molecule has 90 valence electrons. The molecule has 0 amide bonds. The van der Waals surface area contributed by atoms with Crippen molar-refractivity contribution in [3.05, 3.63) is 64.4 Å². The number of benzene rings is 2. The Balaban J connectivity index is 2.06. The lowest BCUT2D eigenvalue weighted by Gasteiger charge is -2.07. The van der Waals surface area contributed by atoms with Gasteiger partial charge in [0.15, 0.2) is 0 Å². The second-order valence-electron chi connectivity index (χ2n) is 3.79. The molecule has 0 aromatic heterocycles. The first kappa shape index (κ1) is 12.4. The van der Waals surface area contributed by atoms with E-state index in [0.29, 0.717) is 17.3 Å². The lowest BCUT2D eigenvalue weighted by Crippen LogP contribution is -2.00. The Morgan fingerprint density at radius 2 is 1.89 bits per heavy atom. The zero-order valence-corrected chi connectivity index (χ0v) is 10.2. The number of hydrogen-bond donors (Lipinski definition) is 1. The highest BCUT2D eigenvalue weighted by Crippen LogP contribution is 2.15. The molecule has 2 aromatic rings. The molecule has 0 heterocycles. The van der Waals surface area contributed by atoms with Crippen molar-refractivity contribution in [1.82, 2.24) is 0 Å². The van der Waals surface area contributed by atoms with Crippen molar-refractivity contribution in [1.29, 1.82) is 5.26 Å². The largest absolute Gasteiger partial charge is 0.381 e. The van der Waals surface area contributed by atoms with Crippen LogP contribution in [0.25, 0.3) is 0 Å². The van der Waals surface area contributed by atoms with Crippen molar-refractivity contribution in [2.45, 2.75) is 6.54 Å². The highest BCUT2D eigenvalue weighted by atomic mass is 35.5. The lowest BCUT2D eigenvalue weighted by atomic mass is 10.2. The standard InChI is InChI=1S/C14H10ClFN2/c15-12-3-1-10(2-4-12)9-18-13-5-6-14(16)11(7-13)8-17/h1-7,18H,9H2. The topological polar surface area (TPSA) is 35.8 Å². The molecular formula is C14H10ClFN2. The summed E-state index contributed by atoms with van der Waals surface area (Å²) in [7, 11) is 0. The summed E-state index contributed by atoms with van der Waals surface area (Å²) >= 11 is 5.79. The highest BCUT2D eigenvalue weighted by Gasteiger charge is 2.02.